The molecule has 0 aliphatic carbocycles. The van der Waals surface area contributed by atoms with Crippen LogP contribution in [0.5, 0.6) is 0 Å². The first kappa shape index (κ1) is 32.3. The molecule has 2 aromatic carbocycles. The molecule has 5 nitrogen and oxygen atoms in total. The molecule has 0 bridgehead atoms. The molecule has 0 saturated carbocycles. The molecule has 0 aliphatic heterocycles. The standard InChI is InChI=1S/C6H10NO2.2C6H6.2CH4O.Y/c1-3-6(9)7-5(2)4-8;2*1-2-4-6-5-3-1;2*1-2;/h5H,3H2,1-2H3,(H,7,9);2*1-6H;2*2H,1H3;/q-1;;;;;. The molecule has 0 aromatic heterocycles. The molecule has 1 atom stereocenters. The van der Waals surface area contributed by atoms with Crippen LogP contribution in [0.4, 0.5) is 0 Å². The molecule has 0 fully saturated rings. The zero-order valence-corrected chi connectivity index (χ0v) is 18.8. The van der Waals surface area contributed by atoms with Gasteiger partial charge in [-0.1, -0.05) is 92.7 Å². The molecule has 0 saturated heterocycles. The zero-order valence-electron chi connectivity index (χ0n) is 16.0. The Balaban J connectivity index is -0.000000127. The van der Waals surface area contributed by atoms with Crippen molar-refractivity contribution < 1.29 is 52.5 Å². The third kappa shape index (κ3) is 30.5. The van der Waals surface area contributed by atoms with Crippen molar-refractivity contribution in [3.63, 3.8) is 0 Å². The number of hydrogen-bond donors (Lipinski definition) is 3. The number of aliphatic hydroxyl groups is 2. The number of amides is 1. The second kappa shape index (κ2) is 31.4. The summed E-state index contributed by atoms with van der Waals surface area (Å²) in [6.07, 6.45) is 2.06. The van der Waals surface area contributed by atoms with Gasteiger partial charge in [0.25, 0.3) is 0 Å². The first-order valence-electron chi connectivity index (χ1n) is 7.77. The van der Waals surface area contributed by atoms with Gasteiger partial charge >= 0.3 is 0 Å². The molecule has 2 rings (SSSR count). The predicted molar refractivity (Wildman–Crippen MR) is 103 cm³/mol. The van der Waals surface area contributed by atoms with Crippen molar-refractivity contribution >= 4 is 12.2 Å². The van der Waals surface area contributed by atoms with Gasteiger partial charge in [0.1, 0.15) is 0 Å². The van der Waals surface area contributed by atoms with Gasteiger partial charge in [0, 0.05) is 53.3 Å². The monoisotopic (exact) mass is 437 g/mol. The average molecular weight is 437 g/mol. The van der Waals surface area contributed by atoms with E-state index in [-0.39, 0.29) is 38.6 Å². The van der Waals surface area contributed by atoms with Crippen LogP contribution in [0.2, 0.25) is 0 Å². The smallest absolute Gasteiger partial charge is 0.217 e. The Morgan fingerprint density at radius 2 is 1.04 bits per heavy atom. The number of hydrogen-bond acceptors (Lipinski definition) is 4. The van der Waals surface area contributed by atoms with Crippen molar-refractivity contribution in [2.45, 2.75) is 26.3 Å². The number of carbonyl (C=O) groups excluding carboxylic acids is 2. The van der Waals surface area contributed by atoms with Gasteiger partial charge in [-0.25, -0.2) is 6.29 Å². The van der Waals surface area contributed by atoms with Crippen LogP contribution >= 0.6 is 0 Å². The van der Waals surface area contributed by atoms with E-state index in [0.29, 0.717) is 6.42 Å². The molecule has 26 heavy (non-hydrogen) atoms. The minimum atomic E-state index is -0.475. The summed E-state index contributed by atoms with van der Waals surface area (Å²) in [6.45, 7) is 3.31. The van der Waals surface area contributed by atoms with E-state index in [1.54, 1.807) is 20.1 Å². The summed E-state index contributed by atoms with van der Waals surface area (Å²) in [5.41, 5.74) is 0. The Morgan fingerprint density at radius 3 is 1.19 bits per heavy atom. The normalized spacial score (nSPS) is 8.38. The quantitative estimate of drug-likeness (QED) is 0.645. The van der Waals surface area contributed by atoms with Gasteiger partial charge in [-0.15, -0.1) is 0 Å². The second-order valence-corrected chi connectivity index (χ2v) is 4.07. The summed E-state index contributed by atoms with van der Waals surface area (Å²) < 4.78 is 0. The Kier molecular flexibility index (Phi) is 39.0. The fourth-order valence-corrected chi connectivity index (χ4v) is 1.14. The summed E-state index contributed by atoms with van der Waals surface area (Å²) >= 11 is 0. The van der Waals surface area contributed by atoms with Gasteiger partial charge in [-0.05, 0) is 0 Å². The number of rotatable bonds is 3. The van der Waals surface area contributed by atoms with Gasteiger partial charge in [0.2, 0.25) is 5.91 Å². The first-order valence-corrected chi connectivity index (χ1v) is 7.77. The molecule has 6 heteroatoms. The van der Waals surface area contributed by atoms with Gasteiger partial charge < -0.3 is 20.3 Å². The molecule has 1 amide bonds. The molecular formula is C20H30NO4Y-. The van der Waals surface area contributed by atoms with Gasteiger partial charge in [-0.2, -0.15) is 0 Å². The van der Waals surface area contributed by atoms with Crippen LogP contribution in [-0.4, -0.2) is 42.7 Å². The van der Waals surface area contributed by atoms with E-state index in [4.69, 9.17) is 10.2 Å². The number of carbonyl (C=O) groups is 1. The average Bonchev–Trinajstić information content (AvgIpc) is 2.74. The Hall–Kier alpha value is -1.40. The van der Waals surface area contributed by atoms with E-state index >= 15 is 0 Å². The summed E-state index contributed by atoms with van der Waals surface area (Å²) in [5, 5.41) is 16.4. The Labute approximate surface area is 182 Å². The van der Waals surface area contributed by atoms with Crippen LogP contribution < -0.4 is 5.32 Å². The third-order valence-electron chi connectivity index (χ3n) is 2.21. The van der Waals surface area contributed by atoms with Crippen LogP contribution in [0.3, 0.4) is 0 Å². The second-order valence-electron chi connectivity index (χ2n) is 4.07. The van der Waals surface area contributed by atoms with Crippen LogP contribution in [0.15, 0.2) is 72.8 Å². The Morgan fingerprint density at radius 1 is 0.808 bits per heavy atom. The predicted octanol–water partition coefficient (Wildman–Crippen LogP) is 2.60. The molecule has 143 valence electrons. The molecule has 3 N–H and O–H groups in total. The SMILES string of the molecule is CCC(=O)NC(C)[C-]=O.CO.CO.[Y].c1ccccc1.c1ccccc1. The summed E-state index contributed by atoms with van der Waals surface area (Å²) in [4.78, 5) is 20.3. The maximum Gasteiger partial charge on any atom is 0.217 e. The largest absolute Gasteiger partial charge is 0.540 e. The van der Waals surface area contributed by atoms with Crippen LogP contribution in [-0.2, 0) is 42.3 Å². The van der Waals surface area contributed by atoms with Crippen molar-refractivity contribution in [1.29, 1.82) is 0 Å². The van der Waals surface area contributed by atoms with E-state index in [2.05, 4.69) is 5.32 Å². The van der Waals surface area contributed by atoms with Crippen molar-refractivity contribution in [1.82, 2.24) is 5.32 Å². The molecule has 0 heterocycles. The zero-order chi connectivity index (χ0) is 19.8. The van der Waals surface area contributed by atoms with Gasteiger partial charge in [-0.3, -0.25) is 4.79 Å². The maximum atomic E-state index is 10.5. The van der Waals surface area contributed by atoms with Crippen LogP contribution in [0.25, 0.3) is 0 Å². The fourth-order valence-electron chi connectivity index (χ4n) is 1.14. The van der Waals surface area contributed by atoms with Crippen molar-refractivity contribution in [2.75, 3.05) is 14.2 Å². The van der Waals surface area contributed by atoms with Crippen molar-refractivity contribution in [3.8, 4) is 0 Å². The van der Waals surface area contributed by atoms with Crippen molar-refractivity contribution in [3.05, 3.63) is 72.8 Å². The third-order valence-corrected chi connectivity index (χ3v) is 2.21. The molecule has 1 radical (unpaired) electrons. The minimum Gasteiger partial charge on any atom is -0.540 e. The molecule has 1 unspecified atom stereocenters. The van der Waals surface area contributed by atoms with E-state index in [1.807, 2.05) is 72.8 Å². The van der Waals surface area contributed by atoms with Crippen LogP contribution in [0.1, 0.15) is 20.3 Å². The number of nitrogens with one attached hydrogen (secondary N) is 1. The van der Waals surface area contributed by atoms with Gasteiger partial charge in [0.05, 0.1) is 0 Å². The first-order chi connectivity index (χ1) is 12.2. The minimum absolute atomic E-state index is 0. The van der Waals surface area contributed by atoms with Crippen LogP contribution in [0, 0.1) is 0 Å². The molecule has 2 aromatic rings. The van der Waals surface area contributed by atoms with E-state index in [0.717, 1.165) is 14.2 Å². The van der Waals surface area contributed by atoms with E-state index in [9.17, 15) is 9.59 Å². The van der Waals surface area contributed by atoms with Crippen molar-refractivity contribution in [2.24, 2.45) is 0 Å². The topological polar surface area (TPSA) is 86.6 Å². The van der Waals surface area contributed by atoms with E-state index in [1.165, 1.54) is 0 Å². The maximum absolute atomic E-state index is 10.5. The molecular weight excluding hydrogens is 407 g/mol. The Bertz CT molecular complexity index is 385. The summed E-state index contributed by atoms with van der Waals surface area (Å²) in [7, 11) is 2.00. The summed E-state index contributed by atoms with van der Waals surface area (Å²) in [6, 6.07) is 23.5. The fraction of sp³-hybridized carbons (Fsp3) is 0.300. The van der Waals surface area contributed by atoms with Gasteiger partial charge in [0.15, 0.2) is 0 Å². The number of aliphatic hydroxyl groups excluding tert-OH is 2. The number of benzene rings is 2. The van der Waals surface area contributed by atoms with E-state index < -0.39 is 6.04 Å². The molecule has 0 spiro atoms. The molecule has 0 aliphatic rings. The summed E-state index contributed by atoms with van der Waals surface area (Å²) in [5.74, 6) is -0.120.